The van der Waals surface area contributed by atoms with Gasteiger partial charge in [-0.25, -0.2) is 4.52 Å². The van der Waals surface area contributed by atoms with Gasteiger partial charge in [-0.15, -0.1) is 0 Å². The van der Waals surface area contributed by atoms with Gasteiger partial charge in [0.25, 0.3) is 5.91 Å². The maximum atomic E-state index is 13.4. The second-order valence-corrected chi connectivity index (χ2v) is 8.23. The first-order valence-corrected chi connectivity index (χ1v) is 10.0. The smallest absolute Gasteiger partial charge is 0.258 e. The van der Waals surface area contributed by atoms with E-state index < -0.39 is 0 Å². The summed E-state index contributed by atoms with van der Waals surface area (Å²) in [5.74, 6) is 0.394. The summed E-state index contributed by atoms with van der Waals surface area (Å²) in [7, 11) is 0. The van der Waals surface area contributed by atoms with Crippen LogP contribution in [0.3, 0.4) is 0 Å². The summed E-state index contributed by atoms with van der Waals surface area (Å²) in [6, 6.07) is 3.47. The molecule has 4 heterocycles. The number of hydrogen-bond acceptors (Lipinski definition) is 4. The number of pyridine rings is 1. The molecule has 1 aliphatic rings. The quantitative estimate of drug-likeness (QED) is 0.723. The number of amides is 1. The van der Waals surface area contributed by atoms with Crippen LogP contribution in [-0.4, -0.2) is 36.7 Å². The van der Waals surface area contributed by atoms with Crippen molar-refractivity contribution in [2.45, 2.75) is 46.2 Å². The van der Waals surface area contributed by atoms with Crippen LogP contribution < -0.4 is 5.73 Å². The Bertz CT molecular complexity index is 1040. The van der Waals surface area contributed by atoms with E-state index in [0.29, 0.717) is 34.4 Å². The summed E-state index contributed by atoms with van der Waals surface area (Å²) in [5, 5.41) is 9.56. The average molecular weight is 401 g/mol. The van der Waals surface area contributed by atoms with E-state index in [0.717, 1.165) is 30.6 Å². The number of nitrogens with zero attached hydrogens (tertiary/aromatic N) is 5. The maximum Gasteiger partial charge on any atom is 0.258 e. The minimum absolute atomic E-state index is 0.0461. The van der Waals surface area contributed by atoms with Gasteiger partial charge in [-0.2, -0.15) is 10.2 Å². The average Bonchev–Trinajstić information content (AvgIpc) is 3.32. The molecule has 0 aliphatic carbocycles. The van der Waals surface area contributed by atoms with Crippen molar-refractivity contribution in [2.75, 3.05) is 12.3 Å². The molecule has 4 rings (SSSR count). The van der Waals surface area contributed by atoms with Crippen molar-refractivity contribution >= 4 is 28.7 Å². The lowest BCUT2D eigenvalue weighted by molar-refractivity contribution is 0.0737. The Kier molecular flexibility index (Phi) is 4.79. The van der Waals surface area contributed by atoms with E-state index in [4.69, 9.17) is 17.3 Å². The molecule has 0 saturated carbocycles. The third-order valence-electron chi connectivity index (χ3n) is 5.27. The molecule has 0 bridgehead atoms. The zero-order chi connectivity index (χ0) is 20.0. The van der Waals surface area contributed by atoms with Crippen LogP contribution in [0.2, 0.25) is 5.15 Å². The van der Waals surface area contributed by atoms with Crippen molar-refractivity contribution in [1.82, 2.24) is 24.3 Å². The number of carbonyl (C=O) groups excluding carboxylic acids is 1. The molecule has 8 heteroatoms. The third kappa shape index (κ3) is 3.13. The second kappa shape index (κ2) is 7.13. The molecular weight excluding hydrogens is 376 g/mol. The molecule has 28 heavy (non-hydrogen) atoms. The van der Waals surface area contributed by atoms with Crippen LogP contribution in [0.5, 0.6) is 0 Å². The van der Waals surface area contributed by atoms with E-state index in [2.05, 4.69) is 24.0 Å². The van der Waals surface area contributed by atoms with Gasteiger partial charge in [-0.3, -0.25) is 9.48 Å². The first-order valence-electron chi connectivity index (χ1n) is 9.63. The van der Waals surface area contributed by atoms with Crippen molar-refractivity contribution in [3.63, 3.8) is 0 Å². The number of carbonyl (C=O) groups is 1. The summed E-state index contributed by atoms with van der Waals surface area (Å²) in [6.45, 7) is 7.68. The molecule has 2 N–H and O–H groups in total. The molecule has 1 aliphatic heterocycles. The largest absolute Gasteiger partial charge is 0.399 e. The number of hydrogen-bond donors (Lipinski definition) is 1. The lowest BCUT2D eigenvalue weighted by atomic mass is 10.0. The Morgan fingerprint density at radius 2 is 2.21 bits per heavy atom. The van der Waals surface area contributed by atoms with E-state index in [1.165, 1.54) is 0 Å². The van der Waals surface area contributed by atoms with Crippen LogP contribution >= 0.6 is 11.6 Å². The summed E-state index contributed by atoms with van der Waals surface area (Å²) >= 11 is 6.69. The number of nitrogens with two attached hydrogens (primary N) is 1. The van der Waals surface area contributed by atoms with Crippen molar-refractivity contribution < 1.29 is 4.79 Å². The molecule has 7 nitrogen and oxygen atoms in total. The molecular formula is C20H25ClN6O. The Balaban J connectivity index is 1.70. The van der Waals surface area contributed by atoms with Crippen molar-refractivity contribution in [3.05, 3.63) is 46.5 Å². The normalized spacial score (nSPS) is 17.2. The van der Waals surface area contributed by atoms with Crippen LogP contribution in [0.4, 0.5) is 5.69 Å². The molecule has 0 aromatic carbocycles. The molecule has 0 radical (unpaired) electrons. The number of fused-ring (bicyclic) bond motifs is 1. The number of anilines is 1. The van der Waals surface area contributed by atoms with Gasteiger partial charge in [-0.05, 0) is 37.8 Å². The van der Waals surface area contributed by atoms with Gasteiger partial charge in [-0.1, -0.05) is 25.4 Å². The number of nitrogen functional groups attached to an aromatic ring is 1. The SMILES string of the molecule is Cc1nn(CC(C)C)c(Cl)c1C1CCCN1C(=O)c1cnn2ccc(N)cc12. The van der Waals surface area contributed by atoms with Gasteiger partial charge in [0.1, 0.15) is 5.15 Å². The maximum absolute atomic E-state index is 13.4. The summed E-state index contributed by atoms with van der Waals surface area (Å²) in [4.78, 5) is 15.3. The van der Waals surface area contributed by atoms with E-state index in [1.807, 2.05) is 16.5 Å². The number of rotatable bonds is 4. The zero-order valence-corrected chi connectivity index (χ0v) is 17.1. The summed E-state index contributed by atoms with van der Waals surface area (Å²) in [6.07, 6.45) is 5.19. The fraction of sp³-hybridized carbons (Fsp3) is 0.450. The highest BCUT2D eigenvalue weighted by Gasteiger charge is 2.35. The molecule has 0 spiro atoms. The van der Waals surface area contributed by atoms with Gasteiger partial charge in [0.2, 0.25) is 0 Å². The number of likely N-dealkylation sites (tertiary alicyclic amines) is 1. The first-order chi connectivity index (χ1) is 13.4. The first kappa shape index (κ1) is 18.8. The van der Waals surface area contributed by atoms with Gasteiger partial charge >= 0.3 is 0 Å². The highest BCUT2D eigenvalue weighted by molar-refractivity contribution is 6.30. The molecule has 1 fully saturated rings. The second-order valence-electron chi connectivity index (χ2n) is 7.87. The van der Waals surface area contributed by atoms with Gasteiger partial charge in [0.05, 0.1) is 29.0 Å². The predicted octanol–water partition coefficient (Wildman–Crippen LogP) is 3.71. The molecule has 1 unspecified atom stereocenters. The van der Waals surface area contributed by atoms with Crippen LogP contribution in [0.25, 0.3) is 5.52 Å². The van der Waals surface area contributed by atoms with Crippen molar-refractivity contribution in [2.24, 2.45) is 5.92 Å². The third-order valence-corrected chi connectivity index (χ3v) is 5.67. The highest BCUT2D eigenvalue weighted by Crippen LogP contribution is 2.39. The lowest BCUT2D eigenvalue weighted by Crippen LogP contribution is -2.30. The van der Waals surface area contributed by atoms with E-state index in [1.54, 1.807) is 29.0 Å². The molecule has 148 valence electrons. The lowest BCUT2D eigenvalue weighted by Gasteiger charge is -2.24. The number of halogens is 1. The topological polar surface area (TPSA) is 81.5 Å². The molecule has 3 aromatic rings. The number of aromatic nitrogens is 4. The van der Waals surface area contributed by atoms with Crippen LogP contribution in [0.15, 0.2) is 24.5 Å². The predicted molar refractivity (Wildman–Crippen MR) is 109 cm³/mol. The Hall–Kier alpha value is -2.54. The van der Waals surface area contributed by atoms with Crippen molar-refractivity contribution in [1.29, 1.82) is 0 Å². The minimum atomic E-state index is -0.0723. The van der Waals surface area contributed by atoms with Crippen LogP contribution in [0.1, 0.15) is 54.3 Å². The monoisotopic (exact) mass is 400 g/mol. The van der Waals surface area contributed by atoms with E-state index in [-0.39, 0.29) is 11.9 Å². The highest BCUT2D eigenvalue weighted by atomic mass is 35.5. The van der Waals surface area contributed by atoms with Gasteiger partial charge < -0.3 is 10.6 Å². The standard InChI is InChI=1S/C20H25ClN6O/c1-12(2)11-27-19(21)18(13(3)24-27)16-5-4-7-25(16)20(28)15-10-23-26-8-6-14(22)9-17(15)26/h6,8-10,12,16H,4-5,7,11,22H2,1-3H3. The molecule has 1 atom stereocenters. The van der Waals surface area contributed by atoms with Gasteiger partial charge in [0.15, 0.2) is 0 Å². The fourth-order valence-electron chi connectivity index (χ4n) is 4.04. The van der Waals surface area contributed by atoms with E-state index >= 15 is 0 Å². The number of aryl methyl sites for hydroxylation is 1. The Morgan fingerprint density at radius 3 is 2.96 bits per heavy atom. The van der Waals surface area contributed by atoms with E-state index in [9.17, 15) is 4.79 Å². The molecule has 3 aromatic heterocycles. The summed E-state index contributed by atoms with van der Waals surface area (Å²) < 4.78 is 3.53. The Labute approximate surface area is 169 Å². The zero-order valence-electron chi connectivity index (χ0n) is 16.4. The molecule has 1 amide bonds. The van der Waals surface area contributed by atoms with Crippen LogP contribution in [0, 0.1) is 12.8 Å². The Morgan fingerprint density at radius 1 is 1.43 bits per heavy atom. The molecule has 1 saturated heterocycles. The van der Waals surface area contributed by atoms with Crippen molar-refractivity contribution in [3.8, 4) is 0 Å². The van der Waals surface area contributed by atoms with Gasteiger partial charge in [0, 0.05) is 30.5 Å². The minimum Gasteiger partial charge on any atom is -0.399 e. The fourth-order valence-corrected chi connectivity index (χ4v) is 4.41. The van der Waals surface area contributed by atoms with Crippen LogP contribution in [-0.2, 0) is 6.54 Å². The summed E-state index contributed by atoms with van der Waals surface area (Å²) in [5.41, 5.74) is 9.64.